The molecule has 0 aliphatic heterocycles. The maximum Gasteiger partial charge on any atom is 0.434 e. The van der Waals surface area contributed by atoms with Crippen LogP contribution in [0, 0.1) is 0 Å². The highest BCUT2D eigenvalue weighted by Crippen LogP contribution is 2.34. The lowest BCUT2D eigenvalue weighted by atomic mass is 10.3. The lowest BCUT2D eigenvalue weighted by molar-refractivity contribution is -0.141. The normalized spacial score (nSPS) is 11.6. The molecule has 1 N–H and O–H groups in total. The molecule has 1 aromatic heterocycles. The van der Waals surface area contributed by atoms with Crippen LogP contribution in [-0.4, -0.2) is 12.0 Å². The van der Waals surface area contributed by atoms with E-state index in [9.17, 15) is 13.2 Å². The summed E-state index contributed by atoms with van der Waals surface area (Å²) in [5.41, 5.74) is -0.830. The number of ether oxygens (including phenoxy) is 1. The molecule has 0 amide bonds. The highest BCUT2D eigenvalue weighted by atomic mass is 32.1. The molecule has 1 aromatic carbocycles. The average molecular weight is 302 g/mol. The van der Waals surface area contributed by atoms with Gasteiger partial charge in [-0.1, -0.05) is 18.2 Å². The fraction of sp³-hybridized carbons (Fsp3) is 0.308. The molecule has 0 aliphatic carbocycles. The van der Waals surface area contributed by atoms with Crippen LogP contribution < -0.4 is 10.1 Å². The number of halogens is 3. The van der Waals surface area contributed by atoms with Crippen LogP contribution in [0.25, 0.3) is 0 Å². The second kappa shape index (κ2) is 6.23. The zero-order valence-corrected chi connectivity index (χ0v) is 11.5. The smallest absolute Gasteiger partial charge is 0.434 e. The van der Waals surface area contributed by atoms with Gasteiger partial charge in [-0.15, -0.1) is 11.3 Å². The Kier molecular flexibility index (Phi) is 4.61. The van der Waals surface area contributed by atoms with Crippen molar-refractivity contribution in [3.63, 3.8) is 0 Å². The maximum atomic E-state index is 12.8. The van der Waals surface area contributed by atoms with Gasteiger partial charge in [0.2, 0.25) is 0 Å². The van der Waals surface area contributed by atoms with E-state index < -0.39 is 11.9 Å². The van der Waals surface area contributed by atoms with E-state index in [1.807, 2.05) is 6.07 Å². The van der Waals surface area contributed by atoms with E-state index >= 15 is 0 Å². The standard InChI is InChI=1S/C13H13F3N2OS/c1-17-7-10-12(13(14,15)16)18-11(20-10)8-19-9-5-3-2-4-6-9/h2-6,17H,7-8H2,1H3. The van der Waals surface area contributed by atoms with E-state index in [0.29, 0.717) is 10.8 Å². The third kappa shape index (κ3) is 3.71. The van der Waals surface area contributed by atoms with Crippen molar-refractivity contribution in [2.24, 2.45) is 0 Å². The third-order valence-electron chi connectivity index (χ3n) is 2.45. The largest absolute Gasteiger partial charge is 0.486 e. The lowest BCUT2D eigenvalue weighted by Crippen LogP contribution is -2.13. The topological polar surface area (TPSA) is 34.1 Å². The molecule has 0 unspecified atom stereocenters. The molecule has 0 radical (unpaired) electrons. The Bertz CT molecular complexity index is 554. The van der Waals surface area contributed by atoms with E-state index in [-0.39, 0.29) is 18.0 Å². The molecule has 0 saturated carbocycles. The molecule has 3 nitrogen and oxygen atoms in total. The van der Waals surface area contributed by atoms with E-state index in [2.05, 4.69) is 10.3 Å². The van der Waals surface area contributed by atoms with Crippen LogP contribution in [0.2, 0.25) is 0 Å². The number of nitrogens with zero attached hydrogens (tertiary/aromatic N) is 1. The Labute approximate surface area is 118 Å². The Morgan fingerprint density at radius 2 is 1.95 bits per heavy atom. The van der Waals surface area contributed by atoms with Gasteiger partial charge in [0.25, 0.3) is 0 Å². The van der Waals surface area contributed by atoms with Crippen LogP contribution in [0.3, 0.4) is 0 Å². The van der Waals surface area contributed by atoms with Gasteiger partial charge in [-0.3, -0.25) is 0 Å². The number of benzene rings is 1. The molecule has 0 bridgehead atoms. The molecule has 0 aliphatic rings. The van der Waals surface area contributed by atoms with Crippen molar-refractivity contribution < 1.29 is 17.9 Å². The Hall–Kier alpha value is -1.60. The molecule has 2 rings (SSSR count). The number of para-hydroxylation sites is 1. The fourth-order valence-corrected chi connectivity index (χ4v) is 2.64. The molecular formula is C13H13F3N2OS. The van der Waals surface area contributed by atoms with Gasteiger partial charge < -0.3 is 10.1 Å². The van der Waals surface area contributed by atoms with Crippen molar-refractivity contribution in [3.05, 3.63) is 45.9 Å². The highest BCUT2D eigenvalue weighted by Gasteiger charge is 2.37. The molecule has 1 heterocycles. The first-order valence-electron chi connectivity index (χ1n) is 5.89. The summed E-state index contributed by atoms with van der Waals surface area (Å²) in [6, 6.07) is 8.91. The van der Waals surface area contributed by atoms with Crippen molar-refractivity contribution in [1.29, 1.82) is 0 Å². The van der Waals surface area contributed by atoms with Gasteiger partial charge in [-0.25, -0.2) is 4.98 Å². The lowest BCUT2D eigenvalue weighted by Gasteiger charge is -2.05. The predicted molar refractivity (Wildman–Crippen MR) is 70.7 cm³/mol. The van der Waals surface area contributed by atoms with E-state index in [0.717, 1.165) is 11.3 Å². The minimum atomic E-state index is -4.44. The first kappa shape index (κ1) is 14.8. The average Bonchev–Trinajstić information content (AvgIpc) is 2.81. The van der Waals surface area contributed by atoms with Crippen molar-refractivity contribution >= 4 is 11.3 Å². The van der Waals surface area contributed by atoms with Gasteiger partial charge in [0, 0.05) is 6.54 Å². The van der Waals surface area contributed by atoms with Gasteiger partial charge in [-0.05, 0) is 19.2 Å². The number of hydrogen-bond donors (Lipinski definition) is 1. The van der Waals surface area contributed by atoms with E-state index in [1.54, 1.807) is 31.3 Å². The van der Waals surface area contributed by atoms with Gasteiger partial charge >= 0.3 is 6.18 Å². The van der Waals surface area contributed by atoms with Gasteiger partial charge in [0.05, 0.1) is 4.88 Å². The molecule has 20 heavy (non-hydrogen) atoms. The first-order chi connectivity index (χ1) is 9.50. The predicted octanol–water partition coefficient (Wildman–Crippen LogP) is 3.46. The number of aromatic nitrogens is 1. The summed E-state index contributed by atoms with van der Waals surface area (Å²) >= 11 is 1.01. The molecule has 0 saturated heterocycles. The molecular weight excluding hydrogens is 289 g/mol. The zero-order valence-electron chi connectivity index (χ0n) is 10.7. The minimum Gasteiger partial charge on any atom is -0.486 e. The summed E-state index contributed by atoms with van der Waals surface area (Å²) in [5, 5.41) is 3.02. The molecule has 2 aromatic rings. The summed E-state index contributed by atoms with van der Waals surface area (Å²) < 4.78 is 43.9. The van der Waals surface area contributed by atoms with Crippen molar-refractivity contribution in [3.8, 4) is 5.75 Å². The van der Waals surface area contributed by atoms with Crippen LogP contribution >= 0.6 is 11.3 Å². The zero-order chi connectivity index (χ0) is 14.6. The molecule has 0 atom stereocenters. The number of alkyl halides is 3. The van der Waals surface area contributed by atoms with Gasteiger partial charge in [-0.2, -0.15) is 13.2 Å². The molecule has 7 heteroatoms. The number of nitrogens with one attached hydrogen (secondary N) is 1. The van der Waals surface area contributed by atoms with Gasteiger partial charge in [0.1, 0.15) is 17.4 Å². The summed E-state index contributed by atoms with van der Waals surface area (Å²) in [4.78, 5) is 3.82. The van der Waals surface area contributed by atoms with Crippen LogP contribution in [0.4, 0.5) is 13.2 Å². The van der Waals surface area contributed by atoms with Crippen LogP contribution in [-0.2, 0) is 19.3 Å². The van der Waals surface area contributed by atoms with Crippen LogP contribution in [0.15, 0.2) is 30.3 Å². The Balaban J connectivity index is 2.12. The second-order valence-electron chi connectivity index (χ2n) is 4.01. The van der Waals surface area contributed by atoms with Crippen molar-refractivity contribution in [2.45, 2.75) is 19.3 Å². The monoisotopic (exact) mass is 302 g/mol. The molecule has 0 fully saturated rings. The summed E-state index contributed by atoms with van der Waals surface area (Å²) in [7, 11) is 1.60. The quantitative estimate of drug-likeness (QED) is 0.918. The Morgan fingerprint density at radius 3 is 2.55 bits per heavy atom. The maximum absolute atomic E-state index is 12.8. The molecule has 108 valence electrons. The van der Waals surface area contributed by atoms with Crippen molar-refractivity contribution in [2.75, 3.05) is 7.05 Å². The highest BCUT2D eigenvalue weighted by molar-refractivity contribution is 7.11. The summed E-state index contributed by atoms with van der Waals surface area (Å²) in [6.07, 6.45) is -4.44. The van der Waals surface area contributed by atoms with E-state index in [1.165, 1.54) is 0 Å². The SMILES string of the molecule is CNCc1sc(COc2ccccc2)nc1C(F)(F)F. The van der Waals surface area contributed by atoms with Gasteiger partial charge in [0.15, 0.2) is 5.69 Å². The van der Waals surface area contributed by atoms with Crippen LogP contribution in [0.5, 0.6) is 5.75 Å². The van der Waals surface area contributed by atoms with E-state index in [4.69, 9.17) is 4.74 Å². The van der Waals surface area contributed by atoms with Crippen molar-refractivity contribution in [1.82, 2.24) is 10.3 Å². The third-order valence-corrected chi connectivity index (χ3v) is 3.48. The van der Waals surface area contributed by atoms with Crippen LogP contribution in [0.1, 0.15) is 15.6 Å². The summed E-state index contributed by atoms with van der Waals surface area (Å²) in [6.45, 7) is 0.166. The number of hydrogen-bond acceptors (Lipinski definition) is 4. The number of rotatable bonds is 5. The Morgan fingerprint density at radius 1 is 1.25 bits per heavy atom. The minimum absolute atomic E-state index is 0.0292. The number of thiazole rings is 1. The summed E-state index contributed by atoms with van der Waals surface area (Å²) in [5.74, 6) is 0.603. The fourth-order valence-electron chi connectivity index (χ4n) is 1.63. The molecule has 0 spiro atoms. The second-order valence-corrected chi connectivity index (χ2v) is 5.18. The first-order valence-corrected chi connectivity index (χ1v) is 6.70.